The monoisotopic (exact) mass is 624 g/mol. The van der Waals surface area contributed by atoms with Crippen molar-refractivity contribution in [2.75, 3.05) is 0 Å². The van der Waals surface area contributed by atoms with E-state index in [1.54, 1.807) is 0 Å². The first-order chi connectivity index (χ1) is 22.1. The summed E-state index contributed by atoms with van der Waals surface area (Å²) in [6.45, 7) is 4.43. The van der Waals surface area contributed by atoms with Crippen LogP contribution in [-0.4, -0.2) is 33.0 Å². The molecule has 4 heteroatoms. The Morgan fingerprint density at radius 3 is 1.39 bits per heavy atom. The van der Waals surface area contributed by atoms with Gasteiger partial charge in [-0.3, -0.25) is 9.59 Å². The zero-order chi connectivity index (χ0) is 32.5. The minimum Gasteiger partial charge on any atom is -0.377 e. The first-order valence-electron chi connectivity index (χ1n) is 19.0. The van der Waals surface area contributed by atoms with Crippen LogP contribution in [0.4, 0.5) is 0 Å². The summed E-state index contributed by atoms with van der Waals surface area (Å²) < 4.78 is 0. The topological polar surface area (TPSA) is 74.6 Å². The number of carbonyl (C=O) groups excluding carboxylic acids is 2. The van der Waals surface area contributed by atoms with E-state index in [9.17, 15) is 19.8 Å². The van der Waals surface area contributed by atoms with Gasteiger partial charge in [0.1, 0.15) is 11.2 Å². The first kappa shape index (κ1) is 32.4. The summed E-state index contributed by atoms with van der Waals surface area (Å²) in [6.07, 6.45) is 33.8. The smallest absolute Gasteiger partial charge is 0.155 e. The third-order valence-corrected chi connectivity index (χ3v) is 16.0. The summed E-state index contributed by atoms with van der Waals surface area (Å²) in [5.41, 5.74) is 0.948. The van der Waals surface area contributed by atoms with E-state index < -0.39 is 11.2 Å². The Kier molecular flexibility index (Phi) is 8.30. The molecule has 0 heterocycles. The second-order valence-corrected chi connectivity index (χ2v) is 16.8. The van der Waals surface area contributed by atoms with E-state index in [1.807, 2.05) is 12.2 Å². The Balaban J connectivity index is 0.000000147. The van der Waals surface area contributed by atoms with Gasteiger partial charge in [0.25, 0.3) is 0 Å². The Bertz CT molecular complexity index is 1300. The maximum Gasteiger partial charge on any atom is 0.155 e. The van der Waals surface area contributed by atoms with Gasteiger partial charge >= 0.3 is 0 Å². The molecule has 6 saturated carbocycles. The van der Waals surface area contributed by atoms with Gasteiger partial charge < -0.3 is 10.2 Å². The van der Waals surface area contributed by atoms with E-state index in [4.69, 9.17) is 12.8 Å². The van der Waals surface area contributed by atoms with Crippen LogP contribution < -0.4 is 0 Å². The van der Waals surface area contributed by atoms with Crippen LogP contribution in [0, 0.1) is 82.9 Å². The van der Waals surface area contributed by atoms with Gasteiger partial charge in [-0.15, -0.1) is 12.8 Å². The fourth-order valence-electron chi connectivity index (χ4n) is 13.9. The molecular weight excluding hydrogens is 568 g/mol. The summed E-state index contributed by atoms with van der Waals surface area (Å²) >= 11 is 0. The molecule has 0 aromatic heterocycles. The van der Waals surface area contributed by atoms with Crippen molar-refractivity contribution < 1.29 is 19.8 Å². The van der Waals surface area contributed by atoms with Gasteiger partial charge in [0.2, 0.25) is 0 Å². The lowest BCUT2D eigenvalue weighted by Crippen LogP contribution is -2.53. The Morgan fingerprint density at radius 2 is 1.02 bits per heavy atom. The number of terminal acetylenes is 2. The lowest BCUT2D eigenvalue weighted by Gasteiger charge is -2.55. The van der Waals surface area contributed by atoms with Gasteiger partial charge in [-0.2, -0.15) is 0 Å². The van der Waals surface area contributed by atoms with Crippen molar-refractivity contribution in [3.05, 3.63) is 23.3 Å². The molecule has 46 heavy (non-hydrogen) atoms. The molecule has 0 amide bonds. The third-order valence-electron chi connectivity index (χ3n) is 16.0. The molecule has 8 rings (SSSR count). The summed E-state index contributed by atoms with van der Waals surface area (Å²) in [5.74, 6) is 11.5. The highest BCUT2D eigenvalue weighted by molar-refractivity contribution is 5.91. The zero-order valence-corrected chi connectivity index (χ0v) is 28.4. The van der Waals surface area contributed by atoms with Gasteiger partial charge in [-0.25, -0.2) is 0 Å². The van der Waals surface area contributed by atoms with Crippen LogP contribution in [0.3, 0.4) is 0 Å². The third kappa shape index (κ3) is 4.56. The molecule has 0 spiro atoms. The summed E-state index contributed by atoms with van der Waals surface area (Å²) in [4.78, 5) is 23.5. The first-order valence-corrected chi connectivity index (χ1v) is 19.0. The molecule has 0 aromatic rings. The zero-order valence-electron chi connectivity index (χ0n) is 28.4. The van der Waals surface area contributed by atoms with E-state index in [0.717, 1.165) is 89.9 Å². The molecule has 0 aliphatic heterocycles. The fourth-order valence-corrected chi connectivity index (χ4v) is 13.9. The van der Waals surface area contributed by atoms with Crippen molar-refractivity contribution in [1.82, 2.24) is 0 Å². The van der Waals surface area contributed by atoms with Gasteiger partial charge in [-0.1, -0.05) is 36.8 Å². The second-order valence-electron chi connectivity index (χ2n) is 16.8. The average molecular weight is 625 g/mol. The average Bonchev–Trinajstić information content (AvgIpc) is 3.56. The van der Waals surface area contributed by atoms with Gasteiger partial charge in [0.05, 0.1) is 0 Å². The van der Waals surface area contributed by atoms with E-state index in [-0.39, 0.29) is 10.8 Å². The minimum atomic E-state index is -0.893. The lowest BCUT2D eigenvalue weighted by molar-refractivity contribution is -0.118. The van der Waals surface area contributed by atoms with Crippen molar-refractivity contribution in [3.63, 3.8) is 0 Å². The van der Waals surface area contributed by atoms with Gasteiger partial charge in [0, 0.05) is 23.7 Å². The quantitative estimate of drug-likeness (QED) is 0.308. The van der Waals surface area contributed by atoms with Crippen LogP contribution >= 0.6 is 0 Å². The van der Waals surface area contributed by atoms with Crippen molar-refractivity contribution in [2.45, 2.75) is 141 Å². The Hall–Kier alpha value is -2.14. The normalized spacial score (nSPS) is 48.7. The van der Waals surface area contributed by atoms with Crippen molar-refractivity contribution in [2.24, 2.45) is 58.2 Å². The molecule has 2 unspecified atom stereocenters. The maximum atomic E-state index is 11.8. The van der Waals surface area contributed by atoms with Crippen molar-refractivity contribution >= 4 is 11.6 Å². The van der Waals surface area contributed by atoms with Crippen LogP contribution in [0.2, 0.25) is 0 Å². The van der Waals surface area contributed by atoms with Gasteiger partial charge in [0.15, 0.2) is 11.6 Å². The van der Waals surface area contributed by atoms with E-state index in [0.29, 0.717) is 58.9 Å². The number of fused-ring (bicyclic) bond motifs is 10. The molecule has 248 valence electrons. The second kappa shape index (κ2) is 11.8. The minimum absolute atomic E-state index is 0.0609. The van der Waals surface area contributed by atoms with Crippen LogP contribution in [0.5, 0.6) is 0 Å². The molecule has 2 N–H and O–H groups in total. The lowest BCUT2D eigenvalue weighted by atomic mass is 9.49. The summed E-state index contributed by atoms with van der Waals surface area (Å²) in [6, 6.07) is 0. The molecule has 8 aliphatic rings. The Labute approximate surface area is 277 Å². The summed E-state index contributed by atoms with van der Waals surface area (Å²) in [7, 11) is 0. The van der Waals surface area contributed by atoms with E-state index in [1.165, 1.54) is 36.8 Å². The number of rotatable bonds is 2. The van der Waals surface area contributed by atoms with Gasteiger partial charge in [-0.05, 0) is 162 Å². The molecule has 6 fully saturated rings. The molecular formula is C42H56O4. The number of carbonyl (C=O) groups is 2. The number of hydrogen-bond donors (Lipinski definition) is 2. The largest absolute Gasteiger partial charge is 0.377 e. The highest BCUT2D eigenvalue weighted by Crippen LogP contribution is 2.67. The number of hydrogen-bond acceptors (Lipinski definition) is 4. The van der Waals surface area contributed by atoms with E-state index in [2.05, 4.69) is 25.7 Å². The standard InChI is InChI=1S/2C21H28O2/c2*1-3-20-11-9-17-16-8-6-15(22)13-14(16)5-7-18(17)19(20)10-12-21(20,23)4-2/h2*2,13,16-19,23H,3,5-12H2,1H3/t2*16-,17+,18+,19-,20-,21?/m00/s1. The Morgan fingerprint density at radius 1 is 0.609 bits per heavy atom. The molecule has 0 aromatic carbocycles. The highest BCUT2D eigenvalue weighted by atomic mass is 16.3. The number of ketones is 2. The molecule has 0 radical (unpaired) electrons. The van der Waals surface area contributed by atoms with Crippen LogP contribution in [-0.2, 0) is 9.59 Å². The number of aliphatic hydroxyl groups is 2. The predicted octanol–water partition coefficient (Wildman–Crippen LogP) is 7.77. The molecule has 0 saturated heterocycles. The molecule has 0 bridgehead atoms. The molecule has 8 aliphatic carbocycles. The SMILES string of the molecule is C#CC1(O)CC[C@H]2[C@@H]3CCC4=CC(=O)CC[C@@H]4[C@H]3CC[C@@]21CC.C#CC1(O)CC[C@H]2[C@@H]3CCC4=CC(=O)CC[C@@H]4[C@H]3CC[C@@]21CC. The highest BCUT2D eigenvalue weighted by Gasteiger charge is 2.64. The van der Waals surface area contributed by atoms with Crippen molar-refractivity contribution in [3.8, 4) is 24.7 Å². The summed E-state index contributed by atoms with van der Waals surface area (Å²) in [5, 5.41) is 22.2. The van der Waals surface area contributed by atoms with Crippen LogP contribution in [0.1, 0.15) is 129 Å². The van der Waals surface area contributed by atoms with Crippen LogP contribution in [0.15, 0.2) is 23.3 Å². The maximum absolute atomic E-state index is 11.8. The van der Waals surface area contributed by atoms with E-state index >= 15 is 0 Å². The molecule has 12 atom stereocenters. The fraction of sp³-hybridized carbons (Fsp3) is 0.762. The predicted molar refractivity (Wildman–Crippen MR) is 181 cm³/mol. The van der Waals surface area contributed by atoms with Crippen LogP contribution in [0.25, 0.3) is 0 Å². The number of allylic oxidation sites excluding steroid dienone is 2. The molecule has 4 nitrogen and oxygen atoms in total. The van der Waals surface area contributed by atoms with Crippen molar-refractivity contribution in [1.29, 1.82) is 0 Å².